The van der Waals surface area contributed by atoms with Crippen molar-refractivity contribution >= 4 is 17.1 Å². The minimum atomic E-state index is -1.15. The Morgan fingerprint density at radius 3 is 3.07 bits per heavy atom. The minimum Gasteiger partial charge on any atom is -0.476 e. The Hall–Kier alpha value is -1.98. The van der Waals surface area contributed by atoms with Gasteiger partial charge in [0.2, 0.25) is 11.3 Å². The highest BCUT2D eigenvalue weighted by Crippen LogP contribution is 2.14. The van der Waals surface area contributed by atoms with Gasteiger partial charge < -0.3 is 9.63 Å². The zero-order chi connectivity index (χ0) is 10.1. The fourth-order valence-corrected chi connectivity index (χ4v) is 1.09. The average Bonchev–Trinajstić information content (AvgIpc) is 2.59. The molecule has 0 atom stereocenters. The van der Waals surface area contributed by atoms with Gasteiger partial charge in [-0.25, -0.2) is 14.8 Å². The van der Waals surface area contributed by atoms with Crippen LogP contribution in [0, 0.1) is 0 Å². The van der Waals surface area contributed by atoms with Gasteiger partial charge in [-0.2, -0.15) is 0 Å². The lowest BCUT2D eigenvalue weighted by molar-refractivity contribution is 0.0687. The molecule has 0 bridgehead atoms. The van der Waals surface area contributed by atoms with Crippen LogP contribution in [0.15, 0.2) is 10.7 Å². The van der Waals surface area contributed by atoms with Crippen LogP contribution in [-0.2, 0) is 6.42 Å². The van der Waals surface area contributed by atoms with Crippen molar-refractivity contribution in [1.29, 1.82) is 0 Å². The van der Waals surface area contributed by atoms with Crippen LogP contribution in [0.1, 0.15) is 23.2 Å². The zero-order valence-electron chi connectivity index (χ0n) is 7.39. The molecule has 0 saturated heterocycles. The Morgan fingerprint density at radius 2 is 2.43 bits per heavy atom. The summed E-state index contributed by atoms with van der Waals surface area (Å²) in [5.74, 6) is -0.576. The highest BCUT2D eigenvalue weighted by molar-refractivity contribution is 5.97. The van der Waals surface area contributed by atoms with E-state index in [0.29, 0.717) is 17.8 Å². The van der Waals surface area contributed by atoms with E-state index in [1.165, 1.54) is 6.20 Å². The Morgan fingerprint density at radius 1 is 1.64 bits per heavy atom. The van der Waals surface area contributed by atoms with Crippen molar-refractivity contribution < 1.29 is 14.4 Å². The molecule has 0 unspecified atom stereocenters. The van der Waals surface area contributed by atoms with Crippen molar-refractivity contribution in [3.8, 4) is 0 Å². The second-order valence-electron chi connectivity index (χ2n) is 2.69. The molecular weight excluding hydrogens is 186 g/mol. The minimum absolute atomic E-state index is 0.169. The van der Waals surface area contributed by atoms with Crippen LogP contribution in [0.5, 0.6) is 0 Å². The molecule has 0 amide bonds. The van der Waals surface area contributed by atoms with E-state index in [4.69, 9.17) is 9.63 Å². The highest BCUT2D eigenvalue weighted by atomic mass is 16.5. The lowest BCUT2D eigenvalue weighted by atomic mass is 10.3. The molecule has 2 aromatic rings. The van der Waals surface area contributed by atoms with Gasteiger partial charge in [-0.3, -0.25) is 0 Å². The largest absolute Gasteiger partial charge is 0.476 e. The predicted molar refractivity (Wildman–Crippen MR) is 45.9 cm³/mol. The summed E-state index contributed by atoms with van der Waals surface area (Å²) in [6.45, 7) is 1.88. The number of nitrogens with zero attached hydrogens (tertiary/aromatic N) is 3. The number of aryl methyl sites for hydroxylation is 1. The molecule has 6 heteroatoms. The topological polar surface area (TPSA) is 89.1 Å². The monoisotopic (exact) mass is 193 g/mol. The smallest absolute Gasteiger partial charge is 0.360 e. The standard InChI is InChI=1S/C8H7N3O3/c1-2-5-9-3-4-6(10-5)7(8(12)13)11-14-4/h3H,2H2,1H3,(H,12,13). The molecule has 0 radical (unpaired) electrons. The Labute approximate surface area is 78.6 Å². The van der Waals surface area contributed by atoms with Gasteiger partial charge in [-0.15, -0.1) is 0 Å². The van der Waals surface area contributed by atoms with Crippen LogP contribution in [0.2, 0.25) is 0 Å². The lowest BCUT2D eigenvalue weighted by Gasteiger charge is -1.92. The second kappa shape index (κ2) is 3.06. The van der Waals surface area contributed by atoms with E-state index in [0.717, 1.165) is 0 Å². The van der Waals surface area contributed by atoms with Gasteiger partial charge in [0.1, 0.15) is 11.3 Å². The summed E-state index contributed by atoms with van der Waals surface area (Å²) < 4.78 is 4.75. The van der Waals surface area contributed by atoms with Crippen molar-refractivity contribution in [1.82, 2.24) is 15.1 Å². The Bertz CT molecular complexity index is 492. The number of aromatic nitrogens is 3. The number of carboxylic acids is 1. The van der Waals surface area contributed by atoms with E-state index in [9.17, 15) is 4.79 Å². The Balaban J connectivity index is 2.69. The molecule has 0 aliphatic rings. The van der Waals surface area contributed by atoms with Gasteiger partial charge in [0.25, 0.3) is 0 Å². The highest BCUT2D eigenvalue weighted by Gasteiger charge is 2.16. The molecule has 14 heavy (non-hydrogen) atoms. The third kappa shape index (κ3) is 1.20. The zero-order valence-corrected chi connectivity index (χ0v) is 7.39. The number of carbonyl (C=O) groups is 1. The van der Waals surface area contributed by atoms with E-state index in [-0.39, 0.29) is 11.2 Å². The predicted octanol–water partition coefficient (Wildman–Crippen LogP) is 0.878. The summed E-state index contributed by atoms with van der Waals surface area (Å²) in [5, 5.41) is 12.1. The maximum Gasteiger partial charge on any atom is 0.360 e. The van der Waals surface area contributed by atoms with E-state index in [1.807, 2.05) is 6.92 Å². The SMILES string of the molecule is CCc1ncc2onc(C(=O)O)c2n1. The molecule has 72 valence electrons. The van der Waals surface area contributed by atoms with Crippen LogP contribution in [0.3, 0.4) is 0 Å². The summed E-state index contributed by atoms with van der Waals surface area (Å²) in [6, 6.07) is 0. The molecule has 0 spiro atoms. The van der Waals surface area contributed by atoms with Crippen LogP contribution in [-0.4, -0.2) is 26.2 Å². The van der Waals surface area contributed by atoms with Crippen LogP contribution < -0.4 is 0 Å². The molecule has 0 aliphatic heterocycles. The van der Waals surface area contributed by atoms with E-state index < -0.39 is 5.97 Å². The first-order chi connectivity index (χ1) is 6.72. The van der Waals surface area contributed by atoms with Crippen molar-refractivity contribution in [2.75, 3.05) is 0 Å². The Kier molecular flexibility index (Phi) is 1.88. The first-order valence-corrected chi connectivity index (χ1v) is 4.07. The maximum atomic E-state index is 10.7. The van der Waals surface area contributed by atoms with Crippen LogP contribution in [0.25, 0.3) is 11.1 Å². The number of fused-ring (bicyclic) bond motifs is 1. The number of hydrogen-bond donors (Lipinski definition) is 1. The number of aromatic carboxylic acids is 1. The molecule has 0 saturated carbocycles. The van der Waals surface area contributed by atoms with Gasteiger partial charge in [0.05, 0.1) is 6.20 Å². The number of hydrogen-bond acceptors (Lipinski definition) is 5. The molecule has 6 nitrogen and oxygen atoms in total. The van der Waals surface area contributed by atoms with Gasteiger partial charge >= 0.3 is 5.97 Å². The molecule has 2 aromatic heterocycles. The number of carboxylic acid groups (broad SMARTS) is 1. The number of rotatable bonds is 2. The third-order valence-electron chi connectivity index (χ3n) is 1.78. The molecule has 0 fully saturated rings. The lowest BCUT2D eigenvalue weighted by Crippen LogP contribution is -1.99. The summed E-state index contributed by atoms with van der Waals surface area (Å²) in [6.07, 6.45) is 2.07. The fourth-order valence-electron chi connectivity index (χ4n) is 1.09. The molecule has 0 aliphatic carbocycles. The molecule has 2 heterocycles. The summed E-state index contributed by atoms with van der Waals surface area (Å²) in [5.41, 5.74) is 0.376. The maximum absolute atomic E-state index is 10.7. The van der Waals surface area contributed by atoms with Crippen LogP contribution in [0.4, 0.5) is 0 Å². The van der Waals surface area contributed by atoms with Crippen molar-refractivity contribution in [3.05, 3.63) is 17.7 Å². The average molecular weight is 193 g/mol. The van der Waals surface area contributed by atoms with Crippen LogP contribution >= 0.6 is 0 Å². The first-order valence-electron chi connectivity index (χ1n) is 4.07. The van der Waals surface area contributed by atoms with E-state index in [2.05, 4.69) is 15.1 Å². The van der Waals surface area contributed by atoms with E-state index in [1.54, 1.807) is 0 Å². The van der Waals surface area contributed by atoms with E-state index >= 15 is 0 Å². The van der Waals surface area contributed by atoms with Gasteiger partial charge in [-0.05, 0) is 0 Å². The van der Waals surface area contributed by atoms with Gasteiger partial charge in [-0.1, -0.05) is 12.1 Å². The molecule has 0 aromatic carbocycles. The second-order valence-corrected chi connectivity index (χ2v) is 2.69. The van der Waals surface area contributed by atoms with Crippen molar-refractivity contribution in [3.63, 3.8) is 0 Å². The quantitative estimate of drug-likeness (QED) is 0.761. The van der Waals surface area contributed by atoms with Gasteiger partial charge in [0.15, 0.2) is 0 Å². The summed E-state index contributed by atoms with van der Waals surface area (Å²) >= 11 is 0. The third-order valence-corrected chi connectivity index (χ3v) is 1.78. The molecule has 1 N–H and O–H groups in total. The first kappa shape index (κ1) is 8.61. The fraction of sp³-hybridized carbons (Fsp3) is 0.250. The van der Waals surface area contributed by atoms with Gasteiger partial charge in [0, 0.05) is 6.42 Å². The van der Waals surface area contributed by atoms with Crippen molar-refractivity contribution in [2.24, 2.45) is 0 Å². The van der Waals surface area contributed by atoms with Crippen molar-refractivity contribution in [2.45, 2.75) is 13.3 Å². The molecular formula is C8H7N3O3. The normalized spacial score (nSPS) is 10.6. The molecule has 2 rings (SSSR count). The summed E-state index contributed by atoms with van der Waals surface area (Å²) in [7, 11) is 0. The summed E-state index contributed by atoms with van der Waals surface area (Å²) in [4.78, 5) is 18.7.